The van der Waals surface area contributed by atoms with Gasteiger partial charge in [-0.2, -0.15) is 0 Å². The molecule has 0 aromatic heterocycles. The van der Waals surface area contributed by atoms with Crippen LogP contribution in [0.4, 0.5) is 5.69 Å². The highest BCUT2D eigenvalue weighted by molar-refractivity contribution is 5.95. The largest absolute Gasteiger partial charge is 0.490 e. The van der Waals surface area contributed by atoms with Crippen molar-refractivity contribution in [1.29, 1.82) is 0 Å². The maximum Gasteiger partial charge on any atom is 0.345 e. The van der Waals surface area contributed by atoms with Crippen molar-refractivity contribution in [2.24, 2.45) is 0 Å². The van der Waals surface area contributed by atoms with E-state index >= 15 is 0 Å². The summed E-state index contributed by atoms with van der Waals surface area (Å²) in [5, 5.41) is 11.1. The number of benzene rings is 1. The zero-order valence-corrected chi connectivity index (χ0v) is 12.8. The van der Waals surface area contributed by atoms with Crippen molar-refractivity contribution in [3.63, 3.8) is 0 Å². The molecule has 0 fully saturated rings. The number of carbonyl (C=O) groups is 1. The first-order chi connectivity index (χ1) is 10.5. The highest BCUT2D eigenvalue weighted by atomic mass is 16.6. The van der Waals surface area contributed by atoms with E-state index in [0.717, 1.165) is 6.07 Å². The van der Waals surface area contributed by atoms with Crippen molar-refractivity contribution in [2.45, 2.75) is 13.8 Å². The quantitative estimate of drug-likeness (QED) is 0.298. The van der Waals surface area contributed by atoms with Crippen molar-refractivity contribution in [2.75, 3.05) is 33.5 Å². The van der Waals surface area contributed by atoms with Gasteiger partial charge in [-0.25, -0.2) is 4.79 Å². The number of hydrogen-bond donors (Lipinski definition) is 0. The molecule has 0 N–H and O–H groups in total. The lowest BCUT2D eigenvalue weighted by molar-refractivity contribution is -0.385. The number of nitrogens with zero attached hydrogens (tertiary/aromatic N) is 1. The lowest BCUT2D eigenvalue weighted by Gasteiger charge is -2.13. The van der Waals surface area contributed by atoms with Gasteiger partial charge in [0.1, 0.15) is 12.2 Å². The van der Waals surface area contributed by atoms with E-state index in [9.17, 15) is 14.9 Å². The number of nitro groups is 1. The number of carbonyl (C=O) groups excluding carboxylic acids is 1. The molecule has 0 amide bonds. The standard InChI is InChI=1S/C14H19NO7/c1-4-20-13-9-11(15(17)18)10(14(16)21-5-2)8-12(13)22-7-6-19-3/h8-9H,4-7H2,1-3H3. The molecule has 0 radical (unpaired) electrons. The zero-order valence-electron chi connectivity index (χ0n) is 12.8. The number of rotatable bonds is 9. The molecule has 0 bridgehead atoms. The highest BCUT2D eigenvalue weighted by Crippen LogP contribution is 2.35. The lowest BCUT2D eigenvalue weighted by Crippen LogP contribution is -2.11. The summed E-state index contributed by atoms with van der Waals surface area (Å²) in [6.07, 6.45) is 0. The molecule has 1 rings (SSSR count). The molecule has 8 heteroatoms. The van der Waals surface area contributed by atoms with Crippen molar-refractivity contribution in [3.8, 4) is 11.5 Å². The van der Waals surface area contributed by atoms with Gasteiger partial charge in [0.15, 0.2) is 11.5 Å². The van der Waals surface area contributed by atoms with E-state index in [-0.39, 0.29) is 36.0 Å². The Morgan fingerprint density at radius 1 is 1.14 bits per heavy atom. The fourth-order valence-corrected chi connectivity index (χ4v) is 1.69. The van der Waals surface area contributed by atoms with Crippen LogP contribution in [0.25, 0.3) is 0 Å². The monoisotopic (exact) mass is 313 g/mol. The van der Waals surface area contributed by atoms with Crippen molar-refractivity contribution < 1.29 is 28.7 Å². The Kier molecular flexibility index (Phi) is 7.11. The number of nitro benzene ring substituents is 1. The van der Waals surface area contributed by atoms with Gasteiger partial charge in [-0.15, -0.1) is 0 Å². The highest BCUT2D eigenvalue weighted by Gasteiger charge is 2.25. The van der Waals surface area contributed by atoms with Gasteiger partial charge >= 0.3 is 5.97 Å². The smallest absolute Gasteiger partial charge is 0.345 e. The first kappa shape index (κ1) is 17.7. The third-order valence-electron chi connectivity index (χ3n) is 2.60. The Balaban J connectivity index is 3.25. The molecule has 0 aliphatic rings. The predicted octanol–water partition coefficient (Wildman–Crippen LogP) is 2.20. The second kappa shape index (κ2) is 8.83. The minimum absolute atomic E-state index is 0.114. The summed E-state index contributed by atoms with van der Waals surface area (Å²) in [7, 11) is 1.52. The molecule has 8 nitrogen and oxygen atoms in total. The Morgan fingerprint density at radius 3 is 2.36 bits per heavy atom. The molecule has 0 heterocycles. The number of methoxy groups -OCH3 is 1. The van der Waals surface area contributed by atoms with Gasteiger partial charge < -0.3 is 18.9 Å². The summed E-state index contributed by atoms with van der Waals surface area (Å²) in [6.45, 7) is 4.33. The molecule has 1 aromatic carbocycles. The average molecular weight is 313 g/mol. The van der Waals surface area contributed by atoms with Gasteiger partial charge in [-0.3, -0.25) is 10.1 Å². The SMILES string of the molecule is CCOC(=O)c1cc(OCCOC)c(OCC)cc1[N+](=O)[O-]. The van der Waals surface area contributed by atoms with E-state index in [0.29, 0.717) is 13.2 Å². The Morgan fingerprint density at radius 2 is 1.82 bits per heavy atom. The van der Waals surface area contributed by atoms with Gasteiger partial charge in [-0.05, 0) is 13.8 Å². The van der Waals surface area contributed by atoms with E-state index in [4.69, 9.17) is 18.9 Å². The van der Waals surface area contributed by atoms with Crippen LogP contribution in [0, 0.1) is 10.1 Å². The Labute approximate surface area is 128 Å². The predicted molar refractivity (Wildman–Crippen MR) is 77.6 cm³/mol. The number of hydrogen-bond acceptors (Lipinski definition) is 7. The third kappa shape index (κ3) is 4.59. The van der Waals surface area contributed by atoms with Gasteiger partial charge in [0.05, 0.1) is 30.8 Å². The van der Waals surface area contributed by atoms with Crippen molar-refractivity contribution >= 4 is 11.7 Å². The van der Waals surface area contributed by atoms with Crippen LogP contribution < -0.4 is 9.47 Å². The second-order valence-electron chi connectivity index (χ2n) is 4.07. The first-order valence-electron chi connectivity index (χ1n) is 6.79. The van der Waals surface area contributed by atoms with Crippen LogP contribution in [0.3, 0.4) is 0 Å². The molecule has 22 heavy (non-hydrogen) atoms. The molecule has 0 saturated carbocycles. The van der Waals surface area contributed by atoms with Crippen LogP contribution >= 0.6 is 0 Å². The Hall–Kier alpha value is -2.35. The number of esters is 1. The summed E-state index contributed by atoms with van der Waals surface area (Å²) >= 11 is 0. The minimum atomic E-state index is -0.783. The van der Waals surface area contributed by atoms with Crippen LogP contribution in [-0.4, -0.2) is 44.4 Å². The van der Waals surface area contributed by atoms with Crippen molar-refractivity contribution in [3.05, 3.63) is 27.8 Å². The minimum Gasteiger partial charge on any atom is -0.490 e. The maximum absolute atomic E-state index is 11.9. The molecule has 122 valence electrons. The van der Waals surface area contributed by atoms with Gasteiger partial charge in [0.25, 0.3) is 5.69 Å². The molecule has 0 atom stereocenters. The zero-order chi connectivity index (χ0) is 16.5. The van der Waals surface area contributed by atoms with Crippen molar-refractivity contribution in [1.82, 2.24) is 0 Å². The van der Waals surface area contributed by atoms with Gasteiger partial charge in [-0.1, -0.05) is 0 Å². The summed E-state index contributed by atoms with van der Waals surface area (Å²) in [5.74, 6) is -0.361. The molecule has 0 aliphatic heterocycles. The maximum atomic E-state index is 11.9. The van der Waals surface area contributed by atoms with E-state index in [1.54, 1.807) is 13.8 Å². The molecule has 0 unspecified atom stereocenters. The van der Waals surface area contributed by atoms with E-state index in [2.05, 4.69) is 0 Å². The van der Waals surface area contributed by atoms with Gasteiger partial charge in [0.2, 0.25) is 0 Å². The van der Waals surface area contributed by atoms with Crippen LogP contribution in [0.15, 0.2) is 12.1 Å². The van der Waals surface area contributed by atoms with E-state index in [1.165, 1.54) is 13.2 Å². The van der Waals surface area contributed by atoms with Crippen LogP contribution in [0.2, 0.25) is 0 Å². The van der Waals surface area contributed by atoms with Crippen LogP contribution in [-0.2, 0) is 9.47 Å². The molecule has 0 aliphatic carbocycles. The van der Waals surface area contributed by atoms with Gasteiger partial charge in [0, 0.05) is 13.2 Å². The summed E-state index contributed by atoms with van der Waals surface area (Å²) in [5.41, 5.74) is -0.566. The van der Waals surface area contributed by atoms with Crippen LogP contribution in [0.1, 0.15) is 24.2 Å². The van der Waals surface area contributed by atoms with E-state index < -0.39 is 10.9 Å². The molecular weight excluding hydrogens is 294 g/mol. The Bertz CT molecular complexity index is 530. The van der Waals surface area contributed by atoms with E-state index in [1.807, 2.05) is 0 Å². The normalized spacial score (nSPS) is 10.1. The molecule has 0 saturated heterocycles. The summed E-state index contributed by atoms with van der Waals surface area (Å²) < 4.78 is 20.5. The average Bonchev–Trinajstić information content (AvgIpc) is 2.48. The fraction of sp³-hybridized carbons (Fsp3) is 0.500. The molecule has 0 spiro atoms. The molecular formula is C14H19NO7. The van der Waals surface area contributed by atoms with Crippen LogP contribution in [0.5, 0.6) is 11.5 Å². The second-order valence-corrected chi connectivity index (χ2v) is 4.07. The lowest BCUT2D eigenvalue weighted by atomic mass is 10.1. The topological polar surface area (TPSA) is 97.1 Å². The summed E-state index contributed by atoms with van der Waals surface area (Å²) in [6, 6.07) is 2.43. The summed E-state index contributed by atoms with van der Waals surface area (Å²) in [4.78, 5) is 22.4. The first-order valence-corrected chi connectivity index (χ1v) is 6.79. The fourth-order valence-electron chi connectivity index (χ4n) is 1.69. The molecule has 1 aromatic rings. The third-order valence-corrected chi connectivity index (χ3v) is 2.60. The number of ether oxygens (including phenoxy) is 4.